The Bertz CT molecular complexity index is 1110. The normalized spacial score (nSPS) is 11.1. The maximum atomic E-state index is 12.6. The van der Waals surface area contributed by atoms with E-state index in [0.29, 0.717) is 23.1 Å². The van der Waals surface area contributed by atoms with Gasteiger partial charge in [0.1, 0.15) is 16.7 Å². The van der Waals surface area contributed by atoms with E-state index in [1.54, 1.807) is 16.8 Å². The molecule has 5 nitrogen and oxygen atoms in total. The standard InChI is InChI=1S/C21H18N2O3/c1-2-9-16-18-19(24)17(14-10-5-3-6-11-14)21(25)26-20(18)23(22-16)15-12-7-4-8-13-15/h3-8,10-13,24H,2,9H2,1H3. The zero-order chi connectivity index (χ0) is 18.1. The molecular weight excluding hydrogens is 328 g/mol. The van der Waals surface area contributed by atoms with Gasteiger partial charge in [-0.05, 0) is 24.1 Å². The lowest BCUT2D eigenvalue weighted by molar-refractivity contribution is 0.468. The van der Waals surface area contributed by atoms with Crippen molar-refractivity contribution in [2.24, 2.45) is 0 Å². The molecule has 0 radical (unpaired) electrons. The smallest absolute Gasteiger partial charge is 0.349 e. The number of hydrogen-bond acceptors (Lipinski definition) is 4. The Hall–Kier alpha value is -3.34. The van der Waals surface area contributed by atoms with Gasteiger partial charge in [0.15, 0.2) is 0 Å². The van der Waals surface area contributed by atoms with Gasteiger partial charge in [0, 0.05) is 0 Å². The molecule has 4 rings (SSSR count). The fourth-order valence-electron chi connectivity index (χ4n) is 3.15. The lowest BCUT2D eigenvalue weighted by Crippen LogP contribution is -2.05. The first kappa shape index (κ1) is 16.1. The van der Waals surface area contributed by atoms with Crippen LogP contribution in [-0.4, -0.2) is 14.9 Å². The average Bonchev–Trinajstić information content (AvgIpc) is 3.02. The first-order valence-corrected chi connectivity index (χ1v) is 8.59. The molecule has 0 aliphatic heterocycles. The summed E-state index contributed by atoms with van der Waals surface area (Å²) in [6, 6.07) is 18.5. The van der Waals surface area contributed by atoms with Gasteiger partial charge in [0.25, 0.3) is 0 Å². The maximum absolute atomic E-state index is 12.6. The molecule has 5 heteroatoms. The van der Waals surface area contributed by atoms with Crippen LogP contribution in [0.1, 0.15) is 19.0 Å². The number of aromatic hydroxyl groups is 1. The average molecular weight is 346 g/mol. The van der Waals surface area contributed by atoms with Gasteiger partial charge in [-0.25, -0.2) is 4.79 Å². The highest BCUT2D eigenvalue weighted by Crippen LogP contribution is 2.36. The number of para-hydroxylation sites is 1. The molecule has 1 N–H and O–H groups in total. The van der Waals surface area contributed by atoms with E-state index in [1.165, 1.54) is 0 Å². The van der Waals surface area contributed by atoms with Crippen LogP contribution < -0.4 is 5.63 Å². The summed E-state index contributed by atoms with van der Waals surface area (Å²) in [6.07, 6.45) is 1.53. The Morgan fingerprint density at radius 1 is 1.04 bits per heavy atom. The van der Waals surface area contributed by atoms with Gasteiger partial charge in [-0.3, -0.25) is 0 Å². The zero-order valence-corrected chi connectivity index (χ0v) is 14.3. The van der Waals surface area contributed by atoms with Crippen LogP contribution in [0, 0.1) is 0 Å². The number of benzene rings is 2. The highest BCUT2D eigenvalue weighted by molar-refractivity contribution is 5.91. The number of fused-ring (bicyclic) bond motifs is 1. The van der Waals surface area contributed by atoms with Crippen LogP contribution in [0.4, 0.5) is 0 Å². The topological polar surface area (TPSA) is 68.3 Å². The molecular formula is C21H18N2O3. The summed E-state index contributed by atoms with van der Waals surface area (Å²) >= 11 is 0. The largest absolute Gasteiger partial charge is 0.506 e. The summed E-state index contributed by atoms with van der Waals surface area (Å²) in [5.74, 6) is -0.0759. The second-order valence-electron chi connectivity index (χ2n) is 6.10. The SMILES string of the molecule is CCCc1nn(-c2ccccc2)c2oc(=O)c(-c3ccccc3)c(O)c12. The van der Waals surface area contributed by atoms with E-state index in [0.717, 1.165) is 12.1 Å². The third kappa shape index (κ3) is 2.58. The van der Waals surface area contributed by atoms with E-state index in [1.807, 2.05) is 55.5 Å². The minimum atomic E-state index is -0.582. The molecule has 0 bridgehead atoms. The van der Waals surface area contributed by atoms with Crippen LogP contribution in [0.2, 0.25) is 0 Å². The van der Waals surface area contributed by atoms with Gasteiger partial charge in [0.05, 0.1) is 11.4 Å². The second kappa shape index (κ2) is 6.52. The Morgan fingerprint density at radius 3 is 2.35 bits per heavy atom. The number of aromatic nitrogens is 2. The van der Waals surface area contributed by atoms with Crippen molar-refractivity contribution in [3.05, 3.63) is 76.8 Å². The van der Waals surface area contributed by atoms with Crippen LogP contribution in [-0.2, 0) is 6.42 Å². The van der Waals surface area contributed by atoms with Gasteiger partial charge in [0.2, 0.25) is 5.71 Å². The molecule has 0 atom stereocenters. The van der Waals surface area contributed by atoms with Crippen LogP contribution in [0.3, 0.4) is 0 Å². The molecule has 2 heterocycles. The minimum Gasteiger partial charge on any atom is -0.506 e. The molecule has 0 spiro atoms. The highest BCUT2D eigenvalue weighted by Gasteiger charge is 2.23. The summed E-state index contributed by atoms with van der Waals surface area (Å²) < 4.78 is 7.21. The van der Waals surface area contributed by atoms with Crippen LogP contribution >= 0.6 is 0 Å². The number of nitrogens with zero attached hydrogens (tertiary/aromatic N) is 2. The van der Waals surface area contributed by atoms with E-state index >= 15 is 0 Å². The predicted octanol–water partition coefficient (Wildman–Crippen LogP) is 4.30. The van der Waals surface area contributed by atoms with Crippen molar-refractivity contribution in [3.8, 4) is 22.6 Å². The summed E-state index contributed by atoms with van der Waals surface area (Å²) in [6.45, 7) is 2.04. The summed E-state index contributed by atoms with van der Waals surface area (Å²) in [5, 5.41) is 16.0. The Kier molecular flexibility index (Phi) is 4.05. The third-order valence-corrected chi connectivity index (χ3v) is 4.33. The van der Waals surface area contributed by atoms with E-state index in [9.17, 15) is 9.90 Å². The molecule has 0 aliphatic carbocycles. The van der Waals surface area contributed by atoms with E-state index in [-0.39, 0.29) is 17.0 Å². The summed E-state index contributed by atoms with van der Waals surface area (Å²) in [4.78, 5) is 12.6. The zero-order valence-electron chi connectivity index (χ0n) is 14.3. The molecule has 26 heavy (non-hydrogen) atoms. The van der Waals surface area contributed by atoms with E-state index in [4.69, 9.17) is 4.42 Å². The van der Waals surface area contributed by atoms with Crippen molar-refractivity contribution in [1.29, 1.82) is 0 Å². The van der Waals surface area contributed by atoms with Crippen molar-refractivity contribution in [2.45, 2.75) is 19.8 Å². The first-order chi connectivity index (χ1) is 12.7. The number of rotatable bonds is 4. The molecule has 0 saturated heterocycles. The van der Waals surface area contributed by atoms with Gasteiger partial charge in [-0.15, -0.1) is 0 Å². The van der Waals surface area contributed by atoms with Crippen molar-refractivity contribution < 1.29 is 9.52 Å². The first-order valence-electron chi connectivity index (χ1n) is 8.59. The second-order valence-corrected chi connectivity index (χ2v) is 6.10. The molecule has 4 aromatic rings. The fourth-order valence-corrected chi connectivity index (χ4v) is 3.15. The molecule has 0 aliphatic rings. The summed E-state index contributed by atoms with van der Waals surface area (Å²) in [5.41, 5.74) is 1.96. The molecule has 0 saturated carbocycles. The lowest BCUT2D eigenvalue weighted by Gasteiger charge is -2.06. The minimum absolute atomic E-state index is 0.0759. The van der Waals surface area contributed by atoms with Gasteiger partial charge >= 0.3 is 5.63 Å². The van der Waals surface area contributed by atoms with Gasteiger partial charge in [-0.1, -0.05) is 61.9 Å². The van der Waals surface area contributed by atoms with Gasteiger partial charge < -0.3 is 9.52 Å². The predicted molar refractivity (Wildman–Crippen MR) is 101 cm³/mol. The van der Waals surface area contributed by atoms with Crippen molar-refractivity contribution in [3.63, 3.8) is 0 Å². The van der Waals surface area contributed by atoms with E-state index < -0.39 is 5.63 Å². The highest BCUT2D eigenvalue weighted by atomic mass is 16.4. The molecule has 0 fully saturated rings. The third-order valence-electron chi connectivity index (χ3n) is 4.33. The fraction of sp³-hybridized carbons (Fsp3) is 0.143. The Balaban J connectivity index is 2.06. The quantitative estimate of drug-likeness (QED) is 0.598. The Labute approximate surface area is 150 Å². The maximum Gasteiger partial charge on any atom is 0.349 e. The molecule has 0 unspecified atom stereocenters. The molecule has 2 aromatic carbocycles. The monoisotopic (exact) mass is 346 g/mol. The summed E-state index contributed by atoms with van der Waals surface area (Å²) in [7, 11) is 0. The molecule has 2 aromatic heterocycles. The van der Waals surface area contributed by atoms with Crippen LogP contribution in [0.25, 0.3) is 27.9 Å². The lowest BCUT2D eigenvalue weighted by atomic mass is 10.0. The van der Waals surface area contributed by atoms with Crippen LogP contribution in [0.5, 0.6) is 5.75 Å². The van der Waals surface area contributed by atoms with Crippen molar-refractivity contribution in [1.82, 2.24) is 9.78 Å². The number of aryl methyl sites for hydroxylation is 1. The Morgan fingerprint density at radius 2 is 1.69 bits per heavy atom. The van der Waals surface area contributed by atoms with Crippen molar-refractivity contribution >= 4 is 11.1 Å². The van der Waals surface area contributed by atoms with Gasteiger partial charge in [-0.2, -0.15) is 9.78 Å². The molecule has 130 valence electrons. The van der Waals surface area contributed by atoms with E-state index in [2.05, 4.69) is 5.10 Å². The molecule has 0 amide bonds. The van der Waals surface area contributed by atoms with Crippen LogP contribution in [0.15, 0.2) is 69.9 Å². The number of hydrogen-bond donors (Lipinski definition) is 1. The van der Waals surface area contributed by atoms with Crippen molar-refractivity contribution in [2.75, 3.05) is 0 Å².